The van der Waals surface area contributed by atoms with Crippen molar-refractivity contribution in [2.75, 3.05) is 13.2 Å². The van der Waals surface area contributed by atoms with Crippen LogP contribution in [-0.4, -0.2) is 36.4 Å². The molecule has 4 heteroatoms. The zero-order chi connectivity index (χ0) is 12.1. The molecular formula is C13H23NO3. The van der Waals surface area contributed by atoms with Crippen LogP contribution >= 0.6 is 0 Å². The SMILES string of the molecule is O=C(NC1CCC(CCO)CC1)C1CCCO1. The molecule has 1 amide bonds. The summed E-state index contributed by atoms with van der Waals surface area (Å²) in [5.41, 5.74) is 0. The predicted molar refractivity (Wildman–Crippen MR) is 64.6 cm³/mol. The molecule has 2 fully saturated rings. The Morgan fingerprint density at radius 2 is 2.00 bits per heavy atom. The lowest BCUT2D eigenvalue weighted by Crippen LogP contribution is -2.42. The van der Waals surface area contributed by atoms with Crippen LogP contribution in [0.2, 0.25) is 0 Å². The van der Waals surface area contributed by atoms with Crippen molar-refractivity contribution in [1.29, 1.82) is 0 Å². The largest absolute Gasteiger partial charge is 0.396 e. The molecule has 0 spiro atoms. The lowest BCUT2D eigenvalue weighted by molar-refractivity contribution is -0.131. The van der Waals surface area contributed by atoms with Gasteiger partial charge in [0.05, 0.1) is 0 Å². The highest BCUT2D eigenvalue weighted by Crippen LogP contribution is 2.26. The van der Waals surface area contributed by atoms with Gasteiger partial charge >= 0.3 is 0 Å². The lowest BCUT2D eigenvalue weighted by atomic mass is 9.84. The summed E-state index contributed by atoms with van der Waals surface area (Å²) >= 11 is 0. The Kier molecular flexibility index (Phi) is 4.80. The van der Waals surface area contributed by atoms with Crippen LogP contribution in [0.3, 0.4) is 0 Å². The first-order valence-electron chi connectivity index (χ1n) is 6.82. The number of carbonyl (C=O) groups is 1. The molecule has 0 radical (unpaired) electrons. The molecule has 1 saturated carbocycles. The Labute approximate surface area is 103 Å². The van der Waals surface area contributed by atoms with Crippen molar-refractivity contribution in [3.8, 4) is 0 Å². The standard InChI is InChI=1S/C13H23NO3/c15-8-7-10-3-5-11(6-4-10)14-13(16)12-2-1-9-17-12/h10-12,15H,1-9H2,(H,14,16). The minimum absolute atomic E-state index is 0.0770. The van der Waals surface area contributed by atoms with Crippen LogP contribution in [0.25, 0.3) is 0 Å². The highest BCUT2D eigenvalue weighted by Gasteiger charge is 2.27. The van der Waals surface area contributed by atoms with Crippen LogP contribution in [0.4, 0.5) is 0 Å². The monoisotopic (exact) mass is 241 g/mol. The van der Waals surface area contributed by atoms with E-state index < -0.39 is 0 Å². The van der Waals surface area contributed by atoms with Gasteiger partial charge in [0.2, 0.25) is 5.91 Å². The number of amides is 1. The van der Waals surface area contributed by atoms with Crippen LogP contribution < -0.4 is 5.32 Å². The van der Waals surface area contributed by atoms with Gasteiger partial charge < -0.3 is 15.2 Å². The second-order valence-electron chi connectivity index (χ2n) is 5.24. The van der Waals surface area contributed by atoms with Gasteiger partial charge in [-0.05, 0) is 50.9 Å². The number of ether oxygens (including phenoxy) is 1. The second kappa shape index (κ2) is 6.36. The average molecular weight is 241 g/mol. The van der Waals surface area contributed by atoms with Crippen molar-refractivity contribution in [3.63, 3.8) is 0 Å². The molecule has 0 bridgehead atoms. The summed E-state index contributed by atoms with van der Waals surface area (Å²) < 4.78 is 5.37. The molecule has 1 aliphatic carbocycles. The van der Waals surface area contributed by atoms with E-state index in [-0.39, 0.29) is 18.6 Å². The molecule has 1 heterocycles. The van der Waals surface area contributed by atoms with E-state index in [1.807, 2.05) is 0 Å². The molecule has 2 rings (SSSR count). The van der Waals surface area contributed by atoms with E-state index in [2.05, 4.69) is 5.32 Å². The van der Waals surface area contributed by atoms with Crippen molar-refractivity contribution in [2.45, 2.75) is 57.1 Å². The number of aliphatic hydroxyl groups excluding tert-OH is 1. The van der Waals surface area contributed by atoms with Crippen molar-refractivity contribution in [3.05, 3.63) is 0 Å². The molecule has 17 heavy (non-hydrogen) atoms. The van der Waals surface area contributed by atoms with E-state index >= 15 is 0 Å². The van der Waals surface area contributed by atoms with E-state index in [0.29, 0.717) is 12.0 Å². The first-order chi connectivity index (χ1) is 8.29. The van der Waals surface area contributed by atoms with E-state index in [4.69, 9.17) is 9.84 Å². The normalized spacial score (nSPS) is 33.6. The van der Waals surface area contributed by atoms with Gasteiger partial charge in [0.15, 0.2) is 0 Å². The van der Waals surface area contributed by atoms with Gasteiger partial charge in [-0.1, -0.05) is 0 Å². The number of hydrogen-bond donors (Lipinski definition) is 2. The lowest BCUT2D eigenvalue weighted by Gasteiger charge is -2.29. The van der Waals surface area contributed by atoms with Gasteiger partial charge in [0, 0.05) is 19.3 Å². The summed E-state index contributed by atoms with van der Waals surface area (Å²) in [4.78, 5) is 11.8. The van der Waals surface area contributed by atoms with E-state index in [9.17, 15) is 4.79 Å². The van der Waals surface area contributed by atoms with Crippen molar-refractivity contribution in [2.24, 2.45) is 5.92 Å². The molecule has 4 nitrogen and oxygen atoms in total. The van der Waals surface area contributed by atoms with Gasteiger partial charge in [0.1, 0.15) is 6.10 Å². The molecule has 1 saturated heterocycles. The maximum atomic E-state index is 11.8. The van der Waals surface area contributed by atoms with E-state index in [1.54, 1.807) is 0 Å². The van der Waals surface area contributed by atoms with Gasteiger partial charge in [-0.25, -0.2) is 0 Å². The zero-order valence-electron chi connectivity index (χ0n) is 10.4. The Balaban J connectivity index is 1.68. The van der Waals surface area contributed by atoms with Crippen LogP contribution in [0, 0.1) is 5.92 Å². The van der Waals surface area contributed by atoms with Crippen molar-refractivity contribution in [1.82, 2.24) is 5.32 Å². The number of rotatable bonds is 4. The minimum Gasteiger partial charge on any atom is -0.396 e. The van der Waals surface area contributed by atoms with Gasteiger partial charge in [0.25, 0.3) is 0 Å². The molecule has 1 aliphatic heterocycles. The fourth-order valence-corrected chi connectivity index (χ4v) is 2.86. The number of hydrogen-bond acceptors (Lipinski definition) is 3. The van der Waals surface area contributed by atoms with Crippen LogP contribution in [0.15, 0.2) is 0 Å². The second-order valence-corrected chi connectivity index (χ2v) is 5.24. The fraction of sp³-hybridized carbons (Fsp3) is 0.923. The number of nitrogens with one attached hydrogen (secondary N) is 1. The first-order valence-corrected chi connectivity index (χ1v) is 6.82. The quantitative estimate of drug-likeness (QED) is 0.778. The summed E-state index contributed by atoms with van der Waals surface area (Å²) in [5, 5.41) is 12.0. The Morgan fingerprint density at radius 3 is 2.59 bits per heavy atom. The third kappa shape index (κ3) is 3.68. The third-order valence-corrected chi connectivity index (χ3v) is 3.95. The maximum Gasteiger partial charge on any atom is 0.249 e. The van der Waals surface area contributed by atoms with E-state index in [0.717, 1.165) is 51.6 Å². The fourth-order valence-electron chi connectivity index (χ4n) is 2.86. The highest BCUT2D eigenvalue weighted by atomic mass is 16.5. The van der Waals surface area contributed by atoms with Crippen molar-refractivity contribution < 1.29 is 14.6 Å². The summed E-state index contributed by atoms with van der Waals surface area (Å²) in [5.74, 6) is 0.726. The Hall–Kier alpha value is -0.610. The van der Waals surface area contributed by atoms with Gasteiger partial charge in [-0.3, -0.25) is 4.79 Å². The van der Waals surface area contributed by atoms with Gasteiger partial charge in [-0.15, -0.1) is 0 Å². The van der Waals surface area contributed by atoms with Crippen LogP contribution in [0.1, 0.15) is 44.9 Å². The zero-order valence-corrected chi connectivity index (χ0v) is 10.4. The number of aliphatic hydroxyl groups is 1. The van der Waals surface area contributed by atoms with Crippen LogP contribution in [0.5, 0.6) is 0 Å². The molecule has 0 aromatic heterocycles. The molecule has 2 aliphatic rings. The highest BCUT2D eigenvalue weighted by molar-refractivity contribution is 5.81. The predicted octanol–water partition coefficient (Wildman–Crippen LogP) is 1.22. The third-order valence-electron chi connectivity index (χ3n) is 3.95. The Bertz CT molecular complexity index is 243. The Morgan fingerprint density at radius 1 is 1.24 bits per heavy atom. The molecule has 1 atom stereocenters. The van der Waals surface area contributed by atoms with Gasteiger partial charge in [-0.2, -0.15) is 0 Å². The van der Waals surface area contributed by atoms with Crippen molar-refractivity contribution >= 4 is 5.91 Å². The molecule has 0 aromatic carbocycles. The first kappa shape index (κ1) is 12.8. The molecule has 1 unspecified atom stereocenters. The molecule has 0 aromatic rings. The summed E-state index contributed by atoms with van der Waals surface area (Å²) in [6.07, 6.45) is 6.91. The summed E-state index contributed by atoms with van der Waals surface area (Å²) in [7, 11) is 0. The molecular weight excluding hydrogens is 218 g/mol. The molecule has 98 valence electrons. The number of carbonyl (C=O) groups excluding carboxylic acids is 1. The maximum absolute atomic E-state index is 11.8. The van der Waals surface area contributed by atoms with Crippen LogP contribution in [-0.2, 0) is 9.53 Å². The summed E-state index contributed by atoms with van der Waals surface area (Å²) in [6.45, 7) is 1.01. The summed E-state index contributed by atoms with van der Waals surface area (Å²) in [6, 6.07) is 0.321. The topological polar surface area (TPSA) is 58.6 Å². The molecule has 2 N–H and O–H groups in total. The van der Waals surface area contributed by atoms with E-state index in [1.165, 1.54) is 0 Å². The average Bonchev–Trinajstić information content (AvgIpc) is 2.86. The minimum atomic E-state index is -0.204. The smallest absolute Gasteiger partial charge is 0.249 e.